The average molecular weight is 208 g/mol. The van der Waals surface area contributed by atoms with Gasteiger partial charge in [0.15, 0.2) is 0 Å². The van der Waals surface area contributed by atoms with Crippen molar-refractivity contribution in [3.63, 3.8) is 0 Å². The fourth-order valence-corrected chi connectivity index (χ4v) is 1.29. The van der Waals surface area contributed by atoms with Gasteiger partial charge >= 0.3 is 0 Å². The lowest BCUT2D eigenvalue weighted by Gasteiger charge is -2.01. The molecule has 0 bridgehead atoms. The van der Waals surface area contributed by atoms with Gasteiger partial charge in [-0.2, -0.15) is 0 Å². The van der Waals surface area contributed by atoms with Crippen LogP contribution >= 0.6 is 0 Å². The summed E-state index contributed by atoms with van der Waals surface area (Å²) >= 11 is 0. The van der Waals surface area contributed by atoms with E-state index in [-0.39, 0.29) is 11.7 Å². The number of carbonyl (C=O) groups excluding carboxylic acids is 1. The molecule has 0 atom stereocenters. The van der Waals surface area contributed by atoms with Gasteiger partial charge in [0.05, 0.1) is 5.75 Å². The van der Waals surface area contributed by atoms with Crippen molar-refractivity contribution in [3.05, 3.63) is 0 Å². The average Bonchev–Trinajstić information content (AvgIpc) is 1.93. The number of nitrogens with one attached hydrogen (secondary N) is 1. The van der Waals surface area contributed by atoms with Gasteiger partial charge in [-0.25, -0.2) is 8.42 Å². The number of sulfone groups is 1. The summed E-state index contributed by atoms with van der Waals surface area (Å²) in [5.41, 5.74) is 4.91. The highest BCUT2D eigenvalue weighted by Gasteiger charge is 2.00. The van der Waals surface area contributed by atoms with E-state index in [2.05, 4.69) is 5.32 Å². The van der Waals surface area contributed by atoms with Crippen LogP contribution < -0.4 is 11.1 Å². The molecule has 0 aliphatic carbocycles. The number of hydrogen-bond acceptors (Lipinski definition) is 4. The van der Waals surface area contributed by atoms with Gasteiger partial charge in [0.1, 0.15) is 9.84 Å². The van der Waals surface area contributed by atoms with E-state index in [1.165, 1.54) is 6.26 Å². The summed E-state index contributed by atoms with van der Waals surface area (Å²) in [5.74, 6) is -0.200. The van der Waals surface area contributed by atoms with Gasteiger partial charge < -0.3 is 11.1 Å². The third-order valence-corrected chi connectivity index (χ3v) is 2.37. The molecule has 0 heterocycles. The summed E-state index contributed by atoms with van der Waals surface area (Å²) in [4.78, 5) is 10.3. The fraction of sp³-hybridized carbons (Fsp3) is 0.857. The van der Waals surface area contributed by atoms with Gasteiger partial charge in [0.2, 0.25) is 5.91 Å². The second-order valence-corrected chi connectivity index (χ2v) is 5.21. The number of primary amides is 1. The highest BCUT2D eigenvalue weighted by atomic mass is 32.2. The maximum Gasteiger partial charge on any atom is 0.217 e. The molecule has 6 heteroatoms. The van der Waals surface area contributed by atoms with E-state index >= 15 is 0 Å². The smallest absolute Gasteiger partial charge is 0.217 e. The van der Waals surface area contributed by atoms with Gasteiger partial charge in [-0.05, 0) is 13.0 Å². The van der Waals surface area contributed by atoms with Crippen LogP contribution in [0.3, 0.4) is 0 Å². The van der Waals surface area contributed by atoms with Crippen LogP contribution in [-0.2, 0) is 14.6 Å². The molecule has 13 heavy (non-hydrogen) atoms. The Morgan fingerprint density at radius 2 is 2.00 bits per heavy atom. The Labute approximate surface area is 78.6 Å². The minimum atomic E-state index is -2.88. The zero-order valence-corrected chi connectivity index (χ0v) is 8.56. The lowest BCUT2D eigenvalue weighted by Crippen LogP contribution is -2.24. The molecule has 0 radical (unpaired) electrons. The van der Waals surface area contributed by atoms with Crippen LogP contribution in [-0.4, -0.2) is 39.4 Å². The SMILES string of the molecule is CS(=O)(=O)CCNCCCC(N)=O. The van der Waals surface area contributed by atoms with Crippen molar-refractivity contribution < 1.29 is 13.2 Å². The molecule has 0 unspecified atom stereocenters. The van der Waals surface area contributed by atoms with E-state index in [0.29, 0.717) is 25.9 Å². The summed E-state index contributed by atoms with van der Waals surface area (Å²) in [5, 5.41) is 2.91. The van der Waals surface area contributed by atoms with E-state index in [0.717, 1.165) is 0 Å². The van der Waals surface area contributed by atoms with Crippen molar-refractivity contribution in [2.75, 3.05) is 25.1 Å². The highest BCUT2D eigenvalue weighted by Crippen LogP contribution is 1.85. The van der Waals surface area contributed by atoms with Crippen LogP contribution in [0.15, 0.2) is 0 Å². The van der Waals surface area contributed by atoms with Gasteiger partial charge in [0.25, 0.3) is 0 Å². The number of amides is 1. The maximum absolute atomic E-state index is 10.7. The van der Waals surface area contributed by atoms with Gasteiger partial charge in [-0.3, -0.25) is 4.79 Å². The minimum Gasteiger partial charge on any atom is -0.370 e. The van der Waals surface area contributed by atoms with Crippen molar-refractivity contribution in [2.24, 2.45) is 5.73 Å². The molecular weight excluding hydrogens is 192 g/mol. The normalized spacial score (nSPS) is 11.5. The molecule has 78 valence electrons. The number of hydrogen-bond donors (Lipinski definition) is 2. The van der Waals surface area contributed by atoms with E-state index in [1.54, 1.807) is 0 Å². The predicted octanol–water partition coefficient (Wildman–Crippen LogP) is -1.11. The molecule has 0 aliphatic rings. The first-order chi connectivity index (χ1) is 5.92. The Morgan fingerprint density at radius 3 is 2.46 bits per heavy atom. The zero-order chi connectivity index (χ0) is 10.3. The second-order valence-electron chi connectivity index (χ2n) is 2.95. The zero-order valence-electron chi connectivity index (χ0n) is 7.75. The topological polar surface area (TPSA) is 89.3 Å². The number of carbonyl (C=O) groups is 1. The Balaban J connectivity index is 3.23. The predicted molar refractivity (Wildman–Crippen MR) is 51.0 cm³/mol. The van der Waals surface area contributed by atoms with Gasteiger partial charge in [0, 0.05) is 19.2 Å². The molecule has 0 aromatic heterocycles. The molecule has 0 saturated heterocycles. The molecule has 0 fully saturated rings. The van der Waals surface area contributed by atoms with E-state index in [4.69, 9.17) is 5.73 Å². The first-order valence-electron chi connectivity index (χ1n) is 4.08. The summed E-state index contributed by atoms with van der Waals surface area (Å²) < 4.78 is 21.3. The Hall–Kier alpha value is -0.620. The Kier molecular flexibility index (Phi) is 5.65. The summed E-state index contributed by atoms with van der Waals surface area (Å²) in [6.45, 7) is 1.05. The molecule has 0 aromatic carbocycles. The molecule has 3 N–H and O–H groups in total. The minimum absolute atomic E-state index is 0.129. The van der Waals surface area contributed by atoms with Crippen molar-refractivity contribution in [3.8, 4) is 0 Å². The van der Waals surface area contributed by atoms with Crippen molar-refractivity contribution in [1.82, 2.24) is 5.32 Å². The molecule has 1 amide bonds. The standard InChI is InChI=1S/C7H16N2O3S/c1-13(11,12)6-5-9-4-2-3-7(8)10/h9H,2-6H2,1H3,(H2,8,10). The van der Waals surface area contributed by atoms with Crippen molar-refractivity contribution >= 4 is 15.7 Å². The first kappa shape index (κ1) is 12.4. The lowest BCUT2D eigenvalue weighted by molar-refractivity contribution is -0.118. The summed E-state index contributed by atoms with van der Waals surface area (Å²) in [7, 11) is -2.88. The third kappa shape index (κ3) is 11.4. The maximum atomic E-state index is 10.7. The Bertz CT molecular complexity index is 248. The van der Waals surface area contributed by atoms with E-state index in [1.807, 2.05) is 0 Å². The Morgan fingerprint density at radius 1 is 1.38 bits per heavy atom. The van der Waals surface area contributed by atoms with Gasteiger partial charge in [-0.1, -0.05) is 0 Å². The molecular formula is C7H16N2O3S. The molecule has 0 rings (SSSR count). The van der Waals surface area contributed by atoms with Crippen LogP contribution in [0.25, 0.3) is 0 Å². The first-order valence-corrected chi connectivity index (χ1v) is 6.14. The highest BCUT2D eigenvalue weighted by molar-refractivity contribution is 7.90. The molecule has 0 saturated carbocycles. The largest absolute Gasteiger partial charge is 0.370 e. The van der Waals surface area contributed by atoms with E-state index < -0.39 is 9.84 Å². The molecule has 0 aromatic rings. The van der Waals surface area contributed by atoms with Crippen molar-refractivity contribution in [2.45, 2.75) is 12.8 Å². The quantitative estimate of drug-likeness (QED) is 0.519. The molecule has 0 spiro atoms. The van der Waals surface area contributed by atoms with Gasteiger partial charge in [-0.15, -0.1) is 0 Å². The summed E-state index contributed by atoms with van der Waals surface area (Å²) in [6, 6.07) is 0. The third-order valence-electron chi connectivity index (χ3n) is 1.43. The summed E-state index contributed by atoms with van der Waals surface area (Å²) in [6.07, 6.45) is 2.18. The van der Waals surface area contributed by atoms with Crippen LogP contribution in [0.4, 0.5) is 0 Å². The fourth-order valence-electron chi connectivity index (χ4n) is 0.770. The van der Waals surface area contributed by atoms with Crippen LogP contribution in [0.1, 0.15) is 12.8 Å². The second kappa shape index (κ2) is 5.93. The number of rotatable bonds is 7. The van der Waals surface area contributed by atoms with E-state index in [9.17, 15) is 13.2 Å². The monoisotopic (exact) mass is 208 g/mol. The molecule has 5 nitrogen and oxygen atoms in total. The van der Waals surface area contributed by atoms with Crippen LogP contribution in [0.5, 0.6) is 0 Å². The van der Waals surface area contributed by atoms with Crippen LogP contribution in [0.2, 0.25) is 0 Å². The van der Waals surface area contributed by atoms with Crippen molar-refractivity contribution in [1.29, 1.82) is 0 Å². The number of nitrogens with two attached hydrogens (primary N) is 1. The lowest BCUT2D eigenvalue weighted by atomic mass is 10.3. The molecule has 0 aliphatic heterocycles. The van der Waals surface area contributed by atoms with Crippen LogP contribution in [0, 0.1) is 0 Å².